The summed E-state index contributed by atoms with van der Waals surface area (Å²) in [5, 5.41) is 0. The van der Waals surface area contributed by atoms with Crippen LogP contribution < -0.4 is 5.73 Å². The van der Waals surface area contributed by atoms with Crippen LogP contribution in [0.4, 0.5) is 0 Å². The Labute approximate surface area is 82.9 Å². The summed E-state index contributed by atoms with van der Waals surface area (Å²) >= 11 is 0. The van der Waals surface area contributed by atoms with E-state index in [2.05, 4.69) is 44.8 Å². The highest BCUT2D eigenvalue weighted by atomic mass is 15.2. The fourth-order valence-corrected chi connectivity index (χ4v) is 1.48. The Bertz CT molecular complexity index is 123. The first-order valence-corrected chi connectivity index (χ1v) is 5.04. The molecular formula is C10H25N3. The summed E-state index contributed by atoms with van der Waals surface area (Å²) < 4.78 is 0. The summed E-state index contributed by atoms with van der Waals surface area (Å²) in [6, 6.07) is 0.514. The van der Waals surface area contributed by atoms with Crippen molar-refractivity contribution < 1.29 is 0 Å². The second kappa shape index (κ2) is 6.35. The molecular weight excluding hydrogens is 162 g/mol. The lowest BCUT2D eigenvalue weighted by atomic mass is 10.0. The predicted molar refractivity (Wildman–Crippen MR) is 58.9 cm³/mol. The third-order valence-corrected chi connectivity index (χ3v) is 2.48. The topological polar surface area (TPSA) is 32.5 Å². The van der Waals surface area contributed by atoms with E-state index in [0.717, 1.165) is 19.6 Å². The molecule has 0 spiro atoms. The van der Waals surface area contributed by atoms with Crippen LogP contribution in [-0.2, 0) is 0 Å². The Kier molecular flexibility index (Phi) is 6.29. The lowest BCUT2D eigenvalue weighted by Gasteiger charge is -2.30. The van der Waals surface area contributed by atoms with E-state index in [1.54, 1.807) is 0 Å². The molecule has 0 saturated heterocycles. The maximum absolute atomic E-state index is 5.73. The van der Waals surface area contributed by atoms with E-state index in [9.17, 15) is 0 Å². The van der Waals surface area contributed by atoms with Crippen molar-refractivity contribution in [3.05, 3.63) is 0 Å². The van der Waals surface area contributed by atoms with Gasteiger partial charge in [0.1, 0.15) is 0 Å². The van der Waals surface area contributed by atoms with Crippen molar-refractivity contribution in [2.45, 2.75) is 19.9 Å². The minimum absolute atomic E-state index is 0.514. The van der Waals surface area contributed by atoms with Crippen LogP contribution in [0.25, 0.3) is 0 Å². The zero-order valence-corrected chi connectivity index (χ0v) is 9.75. The van der Waals surface area contributed by atoms with Crippen molar-refractivity contribution in [3.8, 4) is 0 Å². The number of hydrogen-bond acceptors (Lipinski definition) is 3. The maximum atomic E-state index is 5.73. The smallest absolute Gasteiger partial charge is 0.0238 e. The molecule has 80 valence electrons. The molecule has 13 heavy (non-hydrogen) atoms. The van der Waals surface area contributed by atoms with Gasteiger partial charge < -0.3 is 15.5 Å². The van der Waals surface area contributed by atoms with Gasteiger partial charge in [0, 0.05) is 25.7 Å². The summed E-state index contributed by atoms with van der Waals surface area (Å²) in [6.45, 7) is 7.39. The summed E-state index contributed by atoms with van der Waals surface area (Å²) in [4.78, 5) is 4.55. The lowest BCUT2D eigenvalue weighted by Crippen LogP contribution is -2.44. The van der Waals surface area contributed by atoms with E-state index < -0.39 is 0 Å². The number of nitrogens with two attached hydrogens (primary N) is 1. The first-order chi connectivity index (χ1) is 5.99. The molecule has 1 atom stereocenters. The van der Waals surface area contributed by atoms with Crippen molar-refractivity contribution in [3.63, 3.8) is 0 Å². The average Bonchev–Trinajstić information content (AvgIpc) is 2.01. The third-order valence-electron chi connectivity index (χ3n) is 2.48. The molecule has 0 aromatic carbocycles. The van der Waals surface area contributed by atoms with Crippen molar-refractivity contribution in [2.24, 2.45) is 11.7 Å². The fourth-order valence-electron chi connectivity index (χ4n) is 1.48. The normalized spacial score (nSPS) is 14.5. The van der Waals surface area contributed by atoms with Crippen molar-refractivity contribution in [1.29, 1.82) is 0 Å². The van der Waals surface area contributed by atoms with Crippen LogP contribution in [0.2, 0.25) is 0 Å². The SMILES string of the molecule is CC(C)C(CN)N(C)CCN(C)C. The molecule has 0 saturated carbocycles. The summed E-state index contributed by atoms with van der Waals surface area (Å²) in [7, 11) is 6.35. The summed E-state index contributed by atoms with van der Waals surface area (Å²) in [5.74, 6) is 0.636. The molecule has 0 bridgehead atoms. The Balaban J connectivity index is 3.84. The molecule has 0 aromatic rings. The quantitative estimate of drug-likeness (QED) is 0.656. The van der Waals surface area contributed by atoms with E-state index in [-0.39, 0.29) is 0 Å². The van der Waals surface area contributed by atoms with Gasteiger partial charge in [-0.05, 0) is 27.1 Å². The summed E-state index contributed by atoms with van der Waals surface area (Å²) in [5.41, 5.74) is 5.73. The molecule has 0 fully saturated rings. The second-order valence-electron chi connectivity index (χ2n) is 4.33. The van der Waals surface area contributed by atoms with Gasteiger partial charge in [-0.25, -0.2) is 0 Å². The van der Waals surface area contributed by atoms with Crippen LogP contribution in [0.5, 0.6) is 0 Å². The van der Waals surface area contributed by atoms with Crippen molar-refractivity contribution >= 4 is 0 Å². The highest BCUT2D eigenvalue weighted by molar-refractivity contribution is 4.73. The van der Waals surface area contributed by atoms with Crippen molar-refractivity contribution in [2.75, 3.05) is 40.8 Å². The van der Waals surface area contributed by atoms with Gasteiger partial charge in [0.25, 0.3) is 0 Å². The number of rotatable bonds is 6. The first-order valence-electron chi connectivity index (χ1n) is 5.04. The lowest BCUT2D eigenvalue weighted by molar-refractivity contribution is 0.181. The number of nitrogens with zero attached hydrogens (tertiary/aromatic N) is 2. The Morgan fingerprint density at radius 1 is 1.08 bits per heavy atom. The molecule has 0 aliphatic carbocycles. The monoisotopic (exact) mass is 187 g/mol. The van der Waals surface area contributed by atoms with Crippen LogP contribution in [0.1, 0.15) is 13.8 Å². The Morgan fingerprint density at radius 2 is 1.62 bits per heavy atom. The molecule has 3 nitrogen and oxygen atoms in total. The second-order valence-corrected chi connectivity index (χ2v) is 4.33. The first kappa shape index (κ1) is 12.9. The minimum Gasteiger partial charge on any atom is -0.329 e. The highest BCUT2D eigenvalue weighted by Gasteiger charge is 2.16. The van der Waals surface area contributed by atoms with E-state index >= 15 is 0 Å². The molecule has 0 aliphatic rings. The predicted octanol–water partition coefficient (Wildman–Crippen LogP) is 0.463. The van der Waals surface area contributed by atoms with Crippen LogP contribution in [-0.4, -0.2) is 56.6 Å². The van der Waals surface area contributed by atoms with Crippen LogP contribution >= 0.6 is 0 Å². The standard InChI is InChI=1S/C10H25N3/c1-9(2)10(8-11)13(5)7-6-12(3)4/h9-10H,6-8,11H2,1-5H3. The van der Waals surface area contributed by atoms with Gasteiger partial charge in [-0.3, -0.25) is 0 Å². The van der Waals surface area contributed by atoms with Crippen LogP contribution in [0, 0.1) is 5.92 Å². The molecule has 3 heteroatoms. The molecule has 2 N–H and O–H groups in total. The van der Waals surface area contributed by atoms with Gasteiger partial charge in [-0.1, -0.05) is 13.8 Å². The maximum Gasteiger partial charge on any atom is 0.0238 e. The Morgan fingerprint density at radius 3 is 1.92 bits per heavy atom. The van der Waals surface area contributed by atoms with Gasteiger partial charge >= 0.3 is 0 Å². The van der Waals surface area contributed by atoms with Gasteiger partial charge in [0.05, 0.1) is 0 Å². The van der Waals surface area contributed by atoms with E-state index in [1.807, 2.05) is 0 Å². The molecule has 0 aliphatic heterocycles. The largest absolute Gasteiger partial charge is 0.329 e. The fraction of sp³-hybridized carbons (Fsp3) is 1.00. The molecule has 0 radical (unpaired) electrons. The minimum atomic E-state index is 0.514. The zero-order valence-electron chi connectivity index (χ0n) is 9.75. The van der Waals surface area contributed by atoms with Gasteiger partial charge in [0.15, 0.2) is 0 Å². The molecule has 0 aromatic heterocycles. The van der Waals surface area contributed by atoms with Gasteiger partial charge in [0.2, 0.25) is 0 Å². The zero-order chi connectivity index (χ0) is 10.4. The molecule has 0 amide bonds. The molecule has 1 unspecified atom stereocenters. The molecule has 0 rings (SSSR count). The van der Waals surface area contributed by atoms with Crippen LogP contribution in [0.3, 0.4) is 0 Å². The highest BCUT2D eigenvalue weighted by Crippen LogP contribution is 2.06. The van der Waals surface area contributed by atoms with E-state index in [0.29, 0.717) is 12.0 Å². The van der Waals surface area contributed by atoms with Crippen molar-refractivity contribution in [1.82, 2.24) is 9.80 Å². The number of likely N-dealkylation sites (N-methyl/N-ethyl adjacent to an activating group) is 2. The Hall–Kier alpha value is -0.120. The van der Waals surface area contributed by atoms with Gasteiger partial charge in [-0.15, -0.1) is 0 Å². The molecule has 0 heterocycles. The van der Waals surface area contributed by atoms with E-state index in [1.165, 1.54) is 0 Å². The summed E-state index contributed by atoms with van der Waals surface area (Å²) in [6.07, 6.45) is 0. The number of hydrogen-bond donors (Lipinski definition) is 1. The third kappa shape index (κ3) is 5.24. The van der Waals surface area contributed by atoms with Crippen LogP contribution in [0.15, 0.2) is 0 Å². The average molecular weight is 187 g/mol. The van der Waals surface area contributed by atoms with Gasteiger partial charge in [-0.2, -0.15) is 0 Å². The van der Waals surface area contributed by atoms with E-state index in [4.69, 9.17) is 5.73 Å².